The van der Waals surface area contributed by atoms with Crippen LogP contribution in [0, 0.1) is 7.14 Å². The fraction of sp³-hybridized carbons (Fsp3) is 0.133. The summed E-state index contributed by atoms with van der Waals surface area (Å²) in [4.78, 5) is 10.8. The van der Waals surface area contributed by atoms with Crippen LogP contribution in [0.2, 0.25) is 0 Å². The first kappa shape index (κ1) is 16.5. The van der Waals surface area contributed by atoms with Crippen molar-refractivity contribution in [1.29, 1.82) is 0 Å². The molecular formula is C15H12I2O4. The number of rotatable bonds is 5. The molecule has 0 fully saturated rings. The third-order valence-corrected chi connectivity index (χ3v) is 4.43. The normalized spacial score (nSPS) is 10.4. The average molecular weight is 510 g/mol. The number of ether oxygens (including phenoxy) is 1. The van der Waals surface area contributed by atoms with E-state index in [9.17, 15) is 4.79 Å². The van der Waals surface area contributed by atoms with Crippen LogP contribution in [0.4, 0.5) is 0 Å². The van der Waals surface area contributed by atoms with Crippen molar-refractivity contribution in [1.82, 2.24) is 0 Å². The number of carboxylic acids is 1. The first-order valence-corrected chi connectivity index (χ1v) is 8.21. The van der Waals surface area contributed by atoms with Crippen molar-refractivity contribution in [2.24, 2.45) is 0 Å². The summed E-state index contributed by atoms with van der Waals surface area (Å²) in [6.45, 7) is 0.368. The summed E-state index contributed by atoms with van der Waals surface area (Å²) < 4.78 is 7.68. The van der Waals surface area contributed by atoms with Crippen LogP contribution in [-0.4, -0.2) is 16.2 Å². The molecule has 0 saturated heterocycles. The highest BCUT2D eigenvalue weighted by atomic mass is 127. The van der Waals surface area contributed by atoms with Gasteiger partial charge in [0.05, 0.1) is 19.3 Å². The lowest BCUT2D eigenvalue weighted by molar-refractivity contribution is 0.0697. The number of benzene rings is 2. The third-order valence-electron chi connectivity index (χ3n) is 2.82. The number of aliphatic hydroxyl groups is 1. The van der Waals surface area contributed by atoms with E-state index in [4.69, 9.17) is 14.9 Å². The average Bonchev–Trinajstić information content (AvgIpc) is 2.46. The van der Waals surface area contributed by atoms with Gasteiger partial charge >= 0.3 is 5.97 Å². The van der Waals surface area contributed by atoms with E-state index in [-0.39, 0.29) is 12.2 Å². The molecule has 0 aromatic heterocycles. The van der Waals surface area contributed by atoms with Gasteiger partial charge < -0.3 is 14.9 Å². The number of carboxylic acid groups (broad SMARTS) is 1. The fourth-order valence-electron chi connectivity index (χ4n) is 1.74. The maximum atomic E-state index is 10.8. The van der Waals surface area contributed by atoms with Crippen LogP contribution < -0.4 is 4.74 Å². The van der Waals surface area contributed by atoms with Gasteiger partial charge in [-0.1, -0.05) is 12.1 Å². The number of hydrogen-bond donors (Lipinski definition) is 2. The first-order chi connectivity index (χ1) is 10.0. The standard InChI is InChI=1S/C15H12I2O4/c16-12-5-10(7-18)6-13(17)14(12)21-8-9-1-3-11(4-2-9)15(19)20/h1-6,18H,7-8H2,(H,19,20). The van der Waals surface area contributed by atoms with Crippen molar-refractivity contribution in [3.63, 3.8) is 0 Å². The Bertz CT molecular complexity index is 630. The molecule has 0 aliphatic carbocycles. The van der Waals surface area contributed by atoms with Gasteiger partial charge in [0.1, 0.15) is 12.4 Å². The number of aromatic carboxylic acids is 1. The first-order valence-electron chi connectivity index (χ1n) is 6.05. The smallest absolute Gasteiger partial charge is 0.335 e. The van der Waals surface area contributed by atoms with E-state index < -0.39 is 5.97 Å². The number of halogens is 2. The molecule has 0 unspecified atom stereocenters. The van der Waals surface area contributed by atoms with Crippen molar-refractivity contribution < 1.29 is 19.7 Å². The second kappa shape index (κ2) is 7.41. The molecule has 6 heteroatoms. The van der Waals surface area contributed by atoms with Gasteiger partial charge in [0.2, 0.25) is 0 Å². The van der Waals surface area contributed by atoms with E-state index in [1.165, 1.54) is 0 Å². The monoisotopic (exact) mass is 510 g/mol. The van der Waals surface area contributed by atoms with Gasteiger partial charge in [-0.2, -0.15) is 0 Å². The van der Waals surface area contributed by atoms with E-state index >= 15 is 0 Å². The highest BCUT2D eigenvalue weighted by molar-refractivity contribution is 14.1. The summed E-state index contributed by atoms with van der Waals surface area (Å²) in [5.74, 6) is -0.165. The Labute approximate surface area is 149 Å². The molecule has 0 heterocycles. The topological polar surface area (TPSA) is 66.8 Å². The van der Waals surface area contributed by atoms with Gasteiger partial charge in [-0.15, -0.1) is 0 Å². The fourth-order valence-corrected chi connectivity index (χ4v) is 3.95. The highest BCUT2D eigenvalue weighted by Crippen LogP contribution is 2.29. The van der Waals surface area contributed by atoms with Crippen LogP contribution in [0.15, 0.2) is 36.4 Å². The van der Waals surface area contributed by atoms with Crippen LogP contribution >= 0.6 is 45.2 Å². The predicted octanol–water partition coefficient (Wildman–Crippen LogP) is 3.67. The van der Waals surface area contributed by atoms with Gasteiger partial charge in [-0.25, -0.2) is 4.79 Å². The lowest BCUT2D eigenvalue weighted by atomic mass is 10.1. The van der Waals surface area contributed by atoms with Crippen LogP contribution in [0.25, 0.3) is 0 Å². The molecule has 0 amide bonds. The Hall–Kier alpha value is -0.870. The second-order valence-electron chi connectivity index (χ2n) is 4.34. The summed E-state index contributed by atoms with van der Waals surface area (Å²) >= 11 is 4.35. The number of carbonyl (C=O) groups is 1. The molecule has 2 aromatic carbocycles. The summed E-state index contributed by atoms with van der Waals surface area (Å²) in [5, 5.41) is 18.0. The maximum absolute atomic E-state index is 10.8. The van der Waals surface area contributed by atoms with Crippen molar-refractivity contribution in [3.05, 3.63) is 60.2 Å². The minimum absolute atomic E-state index is 0.00291. The molecule has 4 nitrogen and oxygen atoms in total. The Morgan fingerprint density at radius 1 is 1.05 bits per heavy atom. The van der Waals surface area contributed by atoms with E-state index in [1.54, 1.807) is 24.3 Å². The Balaban J connectivity index is 2.11. The van der Waals surface area contributed by atoms with Crippen LogP contribution in [0.5, 0.6) is 5.75 Å². The summed E-state index contributed by atoms with van der Waals surface area (Å²) in [6.07, 6.45) is 0. The molecule has 2 aromatic rings. The van der Waals surface area contributed by atoms with Gasteiger partial charge in [0.25, 0.3) is 0 Å². The van der Waals surface area contributed by atoms with Crippen molar-refractivity contribution in [3.8, 4) is 5.75 Å². The zero-order valence-electron chi connectivity index (χ0n) is 10.8. The lowest BCUT2D eigenvalue weighted by Gasteiger charge is -2.12. The molecule has 0 atom stereocenters. The van der Waals surface area contributed by atoms with E-state index in [2.05, 4.69) is 45.2 Å². The zero-order valence-corrected chi connectivity index (χ0v) is 15.2. The molecular weight excluding hydrogens is 498 g/mol. The largest absolute Gasteiger partial charge is 0.487 e. The minimum Gasteiger partial charge on any atom is -0.487 e. The van der Waals surface area contributed by atoms with Crippen LogP contribution in [0.1, 0.15) is 21.5 Å². The van der Waals surface area contributed by atoms with Crippen LogP contribution in [-0.2, 0) is 13.2 Å². The van der Waals surface area contributed by atoms with E-state index in [1.807, 2.05) is 12.1 Å². The molecule has 2 N–H and O–H groups in total. The number of hydrogen-bond acceptors (Lipinski definition) is 3. The quantitative estimate of drug-likeness (QED) is 0.604. The molecule has 21 heavy (non-hydrogen) atoms. The van der Waals surface area contributed by atoms with Gasteiger partial charge in [-0.3, -0.25) is 0 Å². The zero-order chi connectivity index (χ0) is 15.4. The Morgan fingerprint density at radius 2 is 1.62 bits per heavy atom. The van der Waals surface area contributed by atoms with Crippen molar-refractivity contribution in [2.75, 3.05) is 0 Å². The number of aliphatic hydroxyl groups excluding tert-OH is 1. The third kappa shape index (κ3) is 4.30. The lowest BCUT2D eigenvalue weighted by Crippen LogP contribution is -2.01. The van der Waals surface area contributed by atoms with Crippen molar-refractivity contribution in [2.45, 2.75) is 13.2 Å². The summed E-state index contributed by atoms with van der Waals surface area (Å²) in [5.41, 5.74) is 2.01. The summed E-state index contributed by atoms with van der Waals surface area (Å²) in [7, 11) is 0. The van der Waals surface area contributed by atoms with Gasteiger partial charge in [-0.05, 0) is 80.6 Å². The molecule has 0 saturated carbocycles. The molecule has 0 aliphatic rings. The van der Waals surface area contributed by atoms with Crippen LogP contribution in [0.3, 0.4) is 0 Å². The van der Waals surface area contributed by atoms with Crippen molar-refractivity contribution >= 4 is 51.2 Å². The molecule has 0 radical (unpaired) electrons. The van der Waals surface area contributed by atoms with Gasteiger partial charge in [0.15, 0.2) is 0 Å². The van der Waals surface area contributed by atoms with E-state index in [0.717, 1.165) is 24.0 Å². The molecule has 110 valence electrons. The highest BCUT2D eigenvalue weighted by Gasteiger charge is 2.09. The second-order valence-corrected chi connectivity index (χ2v) is 6.66. The molecule has 2 rings (SSSR count). The molecule has 0 spiro atoms. The maximum Gasteiger partial charge on any atom is 0.335 e. The minimum atomic E-state index is -0.939. The molecule has 0 aliphatic heterocycles. The summed E-state index contributed by atoms with van der Waals surface area (Å²) in [6, 6.07) is 10.4. The van der Waals surface area contributed by atoms with Gasteiger partial charge in [0, 0.05) is 0 Å². The SMILES string of the molecule is O=C(O)c1ccc(COc2c(I)cc(CO)cc2I)cc1. The Morgan fingerprint density at radius 3 is 2.10 bits per heavy atom. The van der Waals surface area contributed by atoms with E-state index in [0.29, 0.717) is 6.61 Å². The Kier molecular flexibility index (Phi) is 5.82. The predicted molar refractivity (Wildman–Crippen MR) is 95.5 cm³/mol. The molecule has 0 bridgehead atoms.